The molecule has 0 atom stereocenters. The lowest BCUT2D eigenvalue weighted by Gasteiger charge is -2.61. The van der Waals surface area contributed by atoms with Crippen LogP contribution in [0.25, 0.3) is 120 Å². The van der Waals surface area contributed by atoms with Gasteiger partial charge in [0.2, 0.25) is 0 Å². The van der Waals surface area contributed by atoms with Gasteiger partial charge in [-0.2, -0.15) is 0 Å². The standard InChI is InChI=1S/C52H43N.C46H37NS.C46H39N/c1-3-11-37(12-4-1)38-19-21-39(22-20-38)40-23-25-44(26-24-40)53(51-18-10-8-15-46(51)41-13-5-2-6-14-41)45-27-28-50-48(34-45)47-16-7-9-17-49(47)52(50)42-30-35-29-36(32-42)33-43(52)31-35;1-2-10-31(11-3-1)36-12-5-8-16-43(36)47(35-18-20-39-38-14-6-9-17-44(38)48-45(39)28-35)34-19-21-42-40(27-34)37-13-4-7-15-41(37)46(42)32-23-29-22-30(25-32)26-33(46)24-29;1-3-12-33(13-4-1)35-16-11-17-38(29-35)47(45-21-10-8-18-40(45)34-14-5-2-6-15-34)39-22-23-44-42(30-39)41-19-7-9-20-43(41)46(44)36-25-31-24-32(27-36)28-37(46)26-31/h1-28,34-36,42-43H,29-33H2;1-21,27-30,32-33H,22-26H2;1-23,29-32,36-37H,24-28H2. The third-order valence-corrected chi connectivity index (χ3v) is 39.5. The molecule has 148 heavy (non-hydrogen) atoms. The number of benzene rings is 19. The van der Waals surface area contributed by atoms with Crippen LogP contribution in [0.5, 0.6) is 0 Å². The molecule has 3 nitrogen and oxygen atoms in total. The predicted molar refractivity (Wildman–Crippen MR) is 619 cm³/mol. The molecule has 19 aromatic carbocycles. The van der Waals surface area contributed by atoms with Gasteiger partial charge in [0, 0.05) is 87.2 Å². The van der Waals surface area contributed by atoms with Gasteiger partial charge in [0.25, 0.3) is 0 Å². The van der Waals surface area contributed by atoms with Crippen molar-refractivity contribution in [3.8, 4) is 100 Å². The minimum absolute atomic E-state index is 0.169. The average Bonchev–Trinajstić information content (AvgIpc) is 1.51. The lowest BCUT2D eigenvalue weighted by atomic mass is 9.43. The number of nitrogens with zero attached hydrogens (tertiary/aromatic N) is 3. The quantitative estimate of drug-likeness (QED) is 0.101. The summed E-state index contributed by atoms with van der Waals surface area (Å²) in [5.41, 5.74) is 44.5. The van der Waals surface area contributed by atoms with E-state index in [1.54, 1.807) is 33.4 Å². The van der Waals surface area contributed by atoms with Gasteiger partial charge >= 0.3 is 0 Å². The molecule has 0 amide bonds. The summed E-state index contributed by atoms with van der Waals surface area (Å²) in [6.07, 6.45) is 21.3. The van der Waals surface area contributed by atoms with E-state index in [1.165, 1.54) is 262 Å². The summed E-state index contributed by atoms with van der Waals surface area (Å²) in [4.78, 5) is 7.52. The van der Waals surface area contributed by atoms with Crippen LogP contribution >= 0.6 is 11.3 Å². The second kappa shape index (κ2) is 35.6. The van der Waals surface area contributed by atoms with Gasteiger partial charge in [-0.05, 0) is 381 Å². The van der Waals surface area contributed by atoms with Gasteiger partial charge < -0.3 is 14.7 Å². The third-order valence-electron chi connectivity index (χ3n) is 38.4. The molecular formula is C144H119N3S. The van der Waals surface area contributed by atoms with Gasteiger partial charge in [-0.1, -0.05) is 370 Å². The Morgan fingerprint density at radius 3 is 0.777 bits per heavy atom. The molecule has 12 fully saturated rings. The van der Waals surface area contributed by atoms with Crippen molar-refractivity contribution in [2.75, 3.05) is 14.7 Å². The maximum atomic E-state index is 2.56. The molecule has 0 unspecified atom stereocenters. The fourth-order valence-electron chi connectivity index (χ4n) is 33.3. The average molecular weight is 1920 g/mol. The summed E-state index contributed by atoms with van der Waals surface area (Å²) in [6.45, 7) is 0. The van der Waals surface area contributed by atoms with Crippen LogP contribution < -0.4 is 14.7 Å². The normalized spacial score (nSPS) is 24.2. The van der Waals surface area contributed by atoms with E-state index in [0.29, 0.717) is 0 Å². The van der Waals surface area contributed by atoms with Crippen LogP contribution in [0, 0.1) is 71.0 Å². The number of hydrogen-bond acceptors (Lipinski definition) is 4. The van der Waals surface area contributed by atoms with Crippen molar-refractivity contribution in [1.82, 2.24) is 0 Å². The molecule has 15 aliphatic carbocycles. The SMILES string of the molecule is c1ccc(-c2ccc(-c3ccc(N(c4ccc5c(c4)-c4ccccc4C54C5CC6CC(C5)CC4C6)c4ccccc4-c4ccccc4)cc3)cc2)cc1.c1ccc(-c2cccc(N(c3ccc4c(c3)-c3ccccc3C43C4CC5CC(C4)CC3C5)c3ccccc3-c3ccccc3)c2)cc1.c1ccc(-c2ccccc2N(c2ccc3c(c2)-c2ccccc2C32C3CC4CC(C3)CC2C4)c2ccc3c(c2)sc2ccccc23)cc1. The van der Waals surface area contributed by atoms with Crippen LogP contribution in [0.4, 0.5) is 51.2 Å². The maximum Gasteiger partial charge on any atom is 0.0540 e. The number of anilines is 9. The minimum atomic E-state index is 0.169. The van der Waals surface area contributed by atoms with Gasteiger partial charge in [-0.3, -0.25) is 0 Å². The highest BCUT2D eigenvalue weighted by atomic mass is 32.1. The lowest BCUT2D eigenvalue weighted by Crippen LogP contribution is -2.55. The van der Waals surface area contributed by atoms with E-state index >= 15 is 0 Å². The Balaban J connectivity index is 0.000000103. The molecule has 0 saturated heterocycles. The summed E-state index contributed by atoms with van der Waals surface area (Å²) in [7, 11) is 0. The molecule has 35 rings (SSSR count). The monoisotopic (exact) mass is 1920 g/mol. The first-order valence-corrected chi connectivity index (χ1v) is 56.0. The van der Waals surface area contributed by atoms with E-state index in [2.05, 4.69) is 482 Å². The van der Waals surface area contributed by atoms with Crippen LogP contribution in [-0.2, 0) is 16.2 Å². The summed E-state index contributed by atoms with van der Waals surface area (Å²) in [6, 6.07) is 175. The first-order valence-electron chi connectivity index (χ1n) is 55.2. The highest BCUT2D eigenvalue weighted by molar-refractivity contribution is 7.25. The first kappa shape index (κ1) is 88.1. The Morgan fingerprint density at radius 2 is 0.405 bits per heavy atom. The summed E-state index contributed by atoms with van der Waals surface area (Å²) in [5.74, 6) is 10.3. The van der Waals surface area contributed by atoms with Crippen LogP contribution in [-0.4, -0.2) is 0 Å². The van der Waals surface area contributed by atoms with E-state index in [1.807, 2.05) is 11.3 Å². The zero-order valence-electron chi connectivity index (χ0n) is 83.7. The zero-order valence-corrected chi connectivity index (χ0v) is 84.6. The Morgan fingerprint density at radius 1 is 0.155 bits per heavy atom. The van der Waals surface area contributed by atoms with E-state index in [9.17, 15) is 0 Å². The van der Waals surface area contributed by atoms with Crippen LogP contribution in [0.3, 0.4) is 0 Å². The van der Waals surface area contributed by atoms with Gasteiger partial charge in [0.05, 0.1) is 17.1 Å². The number of hydrogen-bond donors (Lipinski definition) is 0. The molecule has 3 spiro atoms. The van der Waals surface area contributed by atoms with Crippen molar-refractivity contribution >= 4 is 82.7 Å². The van der Waals surface area contributed by atoms with Gasteiger partial charge in [0.1, 0.15) is 0 Å². The molecule has 20 aromatic rings. The van der Waals surface area contributed by atoms with E-state index in [0.717, 1.165) is 76.7 Å². The molecule has 0 aliphatic heterocycles. The molecule has 1 aromatic heterocycles. The van der Waals surface area contributed by atoms with Crippen molar-refractivity contribution in [3.05, 3.63) is 500 Å². The van der Waals surface area contributed by atoms with Crippen LogP contribution in [0.2, 0.25) is 0 Å². The molecule has 4 heteroatoms. The summed E-state index contributed by atoms with van der Waals surface area (Å²) >= 11 is 1.90. The number of rotatable bonds is 15. The number of para-hydroxylation sites is 3. The molecule has 12 bridgehead atoms. The minimum Gasteiger partial charge on any atom is -0.310 e. The fourth-order valence-corrected chi connectivity index (χ4v) is 34.5. The van der Waals surface area contributed by atoms with Gasteiger partial charge in [-0.25, -0.2) is 0 Å². The summed E-state index contributed by atoms with van der Waals surface area (Å²) in [5, 5.41) is 2.68. The van der Waals surface area contributed by atoms with Crippen molar-refractivity contribution < 1.29 is 0 Å². The highest BCUT2D eigenvalue weighted by Gasteiger charge is 2.65. The molecule has 716 valence electrons. The lowest BCUT2D eigenvalue weighted by molar-refractivity contribution is -0.0399. The Labute approximate surface area is 875 Å². The second-order valence-electron chi connectivity index (χ2n) is 45.7. The Kier molecular flexibility index (Phi) is 21.2. The molecule has 1 heterocycles. The van der Waals surface area contributed by atoms with E-state index in [-0.39, 0.29) is 16.2 Å². The first-order chi connectivity index (χ1) is 73.3. The van der Waals surface area contributed by atoms with Crippen LogP contribution in [0.1, 0.15) is 130 Å². The van der Waals surface area contributed by atoms with E-state index < -0.39 is 0 Å². The second-order valence-corrected chi connectivity index (χ2v) is 46.8. The third kappa shape index (κ3) is 14.1. The molecule has 12 saturated carbocycles. The highest BCUT2D eigenvalue weighted by Crippen LogP contribution is 2.74. The molecule has 0 radical (unpaired) electrons. The number of thiophene rings is 1. The molecular weight excluding hydrogens is 1800 g/mol. The van der Waals surface area contributed by atoms with Gasteiger partial charge in [-0.15, -0.1) is 11.3 Å². The van der Waals surface area contributed by atoms with Crippen molar-refractivity contribution in [2.24, 2.45) is 71.0 Å². The zero-order chi connectivity index (χ0) is 97.3. The van der Waals surface area contributed by atoms with Crippen LogP contribution in [0.15, 0.2) is 467 Å². The Hall–Kier alpha value is -15.2. The fraction of sp³-hybridized carbons (Fsp3) is 0.208. The summed E-state index contributed by atoms with van der Waals surface area (Å²) < 4.78 is 2.67. The predicted octanol–water partition coefficient (Wildman–Crippen LogP) is 39.0. The van der Waals surface area contributed by atoms with Crippen molar-refractivity contribution in [2.45, 2.75) is 113 Å². The van der Waals surface area contributed by atoms with Gasteiger partial charge in [0.15, 0.2) is 0 Å². The van der Waals surface area contributed by atoms with Crippen molar-refractivity contribution in [1.29, 1.82) is 0 Å². The largest absolute Gasteiger partial charge is 0.310 e. The molecule has 0 N–H and O–H groups in total. The molecule has 15 aliphatic rings. The van der Waals surface area contributed by atoms with E-state index in [4.69, 9.17) is 0 Å². The topological polar surface area (TPSA) is 9.72 Å². The Bertz CT molecular complexity index is 8420. The van der Waals surface area contributed by atoms with Crippen molar-refractivity contribution in [3.63, 3.8) is 0 Å². The smallest absolute Gasteiger partial charge is 0.0540 e. The maximum absolute atomic E-state index is 2.56. The number of fused-ring (bicyclic) bond motifs is 12.